The smallest absolute Gasteiger partial charge is 0.326 e. The molecule has 0 spiro atoms. The van der Waals surface area contributed by atoms with Crippen molar-refractivity contribution in [2.45, 2.75) is 31.1 Å². The van der Waals surface area contributed by atoms with Crippen molar-refractivity contribution in [1.82, 2.24) is 4.90 Å². The SMILES string of the molecule is O=C(O)[C@@H]1CCCCN1C(=O)CSCc1ccccc1. The molecule has 1 heterocycles. The fourth-order valence-corrected chi connectivity index (χ4v) is 3.27. The van der Waals surface area contributed by atoms with Gasteiger partial charge in [-0.1, -0.05) is 30.3 Å². The summed E-state index contributed by atoms with van der Waals surface area (Å²) in [4.78, 5) is 24.8. The van der Waals surface area contributed by atoms with E-state index in [4.69, 9.17) is 5.11 Å². The molecular formula is C15H19NO3S. The van der Waals surface area contributed by atoms with Crippen LogP contribution in [0.4, 0.5) is 0 Å². The third kappa shape index (κ3) is 4.00. The van der Waals surface area contributed by atoms with Gasteiger partial charge in [0.05, 0.1) is 5.75 Å². The second-order valence-electron chi connectivity index (χ2n) is 4.92. The first-order valence-electron chi connectivity index (χ1n) is 6.82. The number of nitrogens with zero attached hydrogens (tertiary/aromatic N) is 1. The Kier molecular flexibility index (Phi) is 5.47. The molecule has 1 aliphatic rings. The zero-order valence-corrected chi connectivity index (χ0v) is 12.1. The molecule has 0 aliphatic carbocycles. The average Bonchev–Trinajstić information content (AvgIpc) is 2.48. The minimum Gasteiger partial charge on any atom is -0.480 e. The number of carbonyl (C=O) groups excluding carboxylic acids is 1. The average molecular weight is 293 g/mol. The maximum atomic E-state index is 12.1. The largest absolute Gasteiger partial charge is 0.480 e. The van der Waals surface area contributed by atoms with Gasteiger partial charge in [-0.2, -0.15) is 0 Å². The highest BCUT2D eigenvalue weighted by atomic mass is 32.2. The van der Waals surface area contributed by atoms with E-state index in [1.807, 2.05) is 30.3 Å². The van der Waals surface area contributed by atoms with Gasteiger partial charge in [0.25, 0.3) is 0 Å². The minimum atomic E-state index is -0.883. The first-order chi connectivity index (χ1) is 9.68. The van der Waals surface area contributed by atoms with Gasteiger partial charge in [0.15, 0.2) is 0 Å². The first-order valence-corrected chi connectivity index (χ1v) is 7.98. The maximum absolute atomic E-state index is 12.1. The van der Waals surface area contributed by atoms with Crippen LogP contribution in [0.15, 0.2) is 30.3 Å². The van der Waals surface area contributed by atoms with E-state index in [9.17, 15) is 9.59 Å². The Morgan fingerprint density at radius 2 is 2.00 bits per heavy atom. The third-order valence-electron chi connectivity index (χ3n) is 3.45. The molecule has 1 saturated heterocycles. The van der Waals surface area contributed by atoms with Crippen LogP contribution in [0, 0.1) is 0 Å². The van der Waals surface area contributed by atoms with Crippen molar-refractivity contribution in [3.8, 4) is 0 Å². The molecule has 20 heavy (non-hydrogen) atoms. The Balaban J connectivity index is 1.83. The lowest BCUT2D eigenvalue weighted by molar-refractivity contribution is -0.150. The molecule has 5 heteroatoms. The van der Waals surface area contributed by atoms with E-state index < -0.39 is 12.0 Å². The van der Waals surface area contributed by atoms with Crippen LogP contribution in [-0.4, -0.2) is 40.2 Å². The fourth-order valence-electron chi connectivity index (χ4n) is 2.40. The minimum absolute atomic E-state index is 0.0574. The number of carbonyl (C=O) groups is 2. The zero-order valence-electron chi connectivity index (χ0n) is 11.3. The zero-order chi connectivity index (χ0) is 14.4. The number of thioether (sulfide) groups is 1. The normalized spacial score (nSPS) is 18.8. The Morgan fingerprint density at radius 3 is 2.70 bits per heavy atom. The van der Waals surface area contributed by atoms with Crippen LogP contribution in [0.2, 0.25) is 0 Å². The Morgan fingerprint density at radius 1 is 1.25 bits per heavy atom. The van der Waals surface area contributed by atoms with Crippen LogP contribution >= 0.6 is 11.8 Å². The first kappa shape index (κ1) is 14.9. The number of hydrogen-bond acceptors (Lipinski definition) is 3. The Hall–Kier alpha value is -1.49. The number of rotatable bonds is 5. The molecule has 1 amide bonds. The molecule has 0 unspecified atom stereocenters. The molecule has 1 atom stereocenters. The summed E-state index contributed by atoms with van der Waals surface area (Å²) >= 11 is 1.54. The number of benzene rings is 1. The van der Waals surface area contributed by atoms with E-state index in [0.717, 1.165) is 18.6 Å². The van der Waals surface area contributed by atoms with E-state index in [0.29, 0.717) is 18.7 Å². The van der Waals surface area contributed by atoms with Gasteiger partial charge in [-0.3, -0.25) is 4.79 Å². The monoisotopic (exact) mass is 293 g/mol. The van der Waals surface area contributed by atoms with Gasteiger partial charge in [0.2, 0.25) is 5.91 Å². The molecule has 1 aliphatic heterocycles. The maximum Gasteiger partial charge on any atom is 0.326 e. The van der Waals surface area contributed by atoms with Crippen molar-refractivity contribution < 1.29 is 14.7 Å². The topological polar surface area (TPSA) is 57.6 Å². The lowest BCUT2D eigenvalue weighted by Crippen LogP contribution is -2.48. The highest BCUT2D eigenvalue weighted by Gasteiger charge is 2.31. The van der Waals surface area contributed by atoms with E-state index in [1.54, 1.807) is 0 Å². The van der Waals surface area contributed by atoms with E-state index in [2.05, 4.69) is 0 Å². The standard InChI is InChI=1S/C15H19NO3S/c17-14(11-20-10-12-6-2-1-3-7-12)16-9-5-4-8-13(16)15(18)19/h1-3,6-7,13H,4-5,8-11H2,(H,18,19)/t13-/m0/s1. The lowest BCUT2D eigenvalue weighted by atomic mass is 10.0. The molecule has 0 radical (unpaired) electrons. The van der Waals surface area contributed by atoms with E-state index in [1.165, 1.54) is 22.2 Å². The van der Waals surface area contributed by atoms with E-state index >= 15 is 0 Å². The van der Waals surface area contributed by atoms with Crippen LogP contribution in [0.3, 0.4) is 0 Å². The van der Waals surface area contributed by atoms with Crippen molar-refractivity contribution in [2.24, 2.45) is 0 Å². The summed E-state index contributed by atoms with van der Waals surface area (Å²) in [5.41, 5.74) is 1.18. The predicted molar refractivity (Wildman–Crippen MR) is 79.6 cm³/mol. The molecule has 0 aromatic heterocycles. The van der Waals surface area contributed by atoms with Crippen LogP contribution in [0.1, 0.15) is 24.8 Å². The summed E-state index contributed by atoms with van der Waals surface area (Å²) in [5.74, 6) is 0.181. The highest BCUT2D eigenvalue weighted by Crippen LogP contribution is 2.19. The summed E-state index contributed by atoms with van der Waals surface area (Å²) in [6.07, 6.45) is 2.36. The number of piperidine rings is 1. The van der Waals surface area contributed by atoms with Crippen molar-refractivity contribution in [2.75, 3.05) is 12.3 Å². The van der Waals surface area contributed by atoms with Crippen molar-refractivity contribution in [3.05, 3.63) is 35.9 Å². The molecule has 1 N–H and O–H groups in total. The predicted octanol–water partition coefficient (Wildman–Crippen LogP) is 2.39. The summed E-state index contributed by atoms with van der Waals surface area (Å²) in [5, 5.41) is 9.16. The summed E-state index contributed by atoms with van der Waals surface area (Å²) in [6, 6.07) is 9.33. The number of aliphatic carboxylic acids is 1. The van der Waals surface area contributed by atoms with Gasteiger partial charge in [0, 0.05) is 12.3 Å². The summed E-state index contributed by atoms with van der Waals surface area (Å²) < 4.78 is 0. The van der Waals surface area contributed by atoms with Gasteiger partial charge < -0.3 is 10.0 Å². The molecular weight excluding hydrogens is 274 g/mol. The number of amides is 1. The molecule has 108 valence electrons. The second-order valence-corrected chi connectivity index (χ2v) is 5.90. The molecule has 1 aromatic carbocycles. The number of likely N-dealkylation sites (tertiary alicyclic amines) is 1. The second kappa shape index (κ2) is 7.33. The number of hydrogen-bond donors (Lipinski definition) is 1. The van der Waals surface area contributed by atoms with Crippen molar-refractivity contribution in [1.29, 1.82) is 0 Å². The Labute approximate surface area is 123 Å². The van der Waals surface area contributed by atoms with Gasteiger partial charge in [0.1, 0.15) is 6.04 Å². The summed E-state index contributed by atoms with van der Waals surface area (Å²) in [6.45, 7) is 0.571. The number of carboxylic acid groups (broad SMARTS) is 1. The van der Waals surface area contributed by atoms with Gasteiger partial charge >= 0.3 is 5.97 Å². The van der Waals surface area contributed by atoms with Crippen LogP contribution in [0.25, 0.3) is 0 Å². The van der Waals surface area contributed by atoms with Crippen molar-refractivity contribution >= 4 is 23.6 Å². The summed E-state index contributed by atoms with van der Waals surface area (Å²) in [7, 11) is 0. The van der Waals surface area contributed by atoms with Gasteiger partial charge in [-0.05, 0) is 24.8 Å². The molecule has 0 bridgehead atoms. The highest BCUT2D eigenvalue weighted by molar-refractivity contribution is 7.99. The van der Waals surface area contributed by atoms with Gasteiger partial charge in [-0.15, -0.1) is 11.8 Å². The van der Waals surface area contributed by atoms with Crippen LogP contribution in [-0.2, 0) is 15.3 Å². The van der Waals surface area contributed by atoms with Crippen molar-refractivity contribution in [3.63, 3.8) is 0 Å². The lowest BCUT2D eigenvalue weighted by Gasteiger charge is -2.32. The van der Waals surface area contributed by atoms with Gasteiger partial charge in [-0.25, -0.2) is 4.79 Å². The number of carboxylic acids is 1. The third-order valence-corrected chi connectivity index (χ3v) is 4.43. The van der Waals surface area contributed by atoms with Crippen LogP contribution in [0.5, 0.6) is 0 Å². The molecule has 1 aromatic rings. The molecule has 0 saturated carbocycles. The van der Waals surface area contributed by atoms with E-state index in [-0.39, 0.29) is 5.91 Å². The van der Waals surface area contributed by atoms with Crippen LogP contribution < -0.4 is 0 Å². The Bertz CT molecular complexity index is 463. The molecule has 1 fully saturated rings. The quantitative estimate of drug-likeness (QED) is 0.905. The fraction of sp³-hybridized carbons (Fsp3) is 0.467. The molecule has 2 rings (SSSR count). The molecule has 4 nitrogen and oxygen atoms in total.